The first-order valence-corrected chi connectivity index (χ1v) is 7.24. The zero-order valence-electron chi connectivity index (χ0n) is 11.6. The second kappa shape index (κ2) is 5.80. The van der Waals surface area contributed by atoms with Crippen molar-refractivity contribution in [2.45, 2.75) is 33.3 Å². The van der Waals surface area contributed by atoms with Gasteiger partial charge in [0, 0.05) is 17.9 Å². The summed E-state index contributed by atoms with van der Waals surface area (Å²) in [5.74, 6) is 1.76. The lowest BCUT2D eigenvalue weighted by Gasteiger charge is -2.22. The van der Waals surface area contributed by atoms with Crippen LogP contribution in [-0.4, -0.2) is 35.2 Å². The monoisotopic (exact) mass is 271 g/mol. The first-order valence-electron chi connectivity index (χ1n) is 5.84. The predicted molar refractivity (Wildman–Crippen MR) is 74.3 cm³/mol. The second-order valence-corrected chi connectivity index (χ2v) is 5.69. The number of nitrogens with one attached hydrogen (secondary N) is 1. The summed E-state index contributed by atoms with van der Waals surface area (Å²) in [6.07, 6.45) is 1.92. The lowest BCUT2D eigenvalue weighted by atomic mass is 10.1. The third-order valence-electron chi connectivity index (χ3n) is 2.87. The summed E-state index contributed by atoms with van der Waals surface area (Å²) in [5.41, 5.74) is 0.539. The number of aliphatic hydroxyl groups is 1. The summed E-state index contributed by atoms with van der Waals surface area (Å²) in [5, 5.41) is 12.8. The Morgan fingerprint density at radius 2 is 2.00 bits per heavy atom. The summed E-state index contributed by atoms with van der Waals surface area (Å²) >= 11 is 1.55. The van der Waals surface area contributed by atoms with Gasteiger partial charge in [0.05, 0.1) is 11.2 Å². The highest BCUT2D eigenvalue weighted by Gasteiger charge is 2.23. The molecule has 102 valence electrons. The number of hydrogen-bond acceptors (Lipinski definition) is 4. The molecular weight excluding hydrogens is 250 g/mol. The van der Waals surface area contributed by atoms with Gasteiger partial charge in [0.1, 0.15) is 11.5 Å². The van der Waals surface area contributed by atoms with Gasteiger partial charge in [0.15, 0.2) is 0 Å². The summed E-state index contributed by atoms with van der Waals surface area (Å²) in [6, 6.07) is 0. The van der Waals surface area contributed by atoms with Gasteiger partial charge in [-0.3, -0.25) is 4.79 Å². The molecule has 1 aromatic heterocycles. The molecule has 0 radical (unpaired) electrons. The Kier molecular flexibility index (Phi) is 4.87. The maximum Gasteiger partial charge on any atom is 0.255 e. The van der Waals surface area contributed by atoms with Gasteiger partial charge in [0.25, 0.3) is 5.91 Å². The lowest BCUT2D eigenvalue weighted by molar-refractivity contribution is 0.0724. The van der Waals surface area contributed by atoms with E-state index >= 15 is 0 Å². The van der Waals surface area contributed by atoms with Crippen molar-refractivity contribution in [1.82, 2.24) is 5.32 Å². The molecule has 1 amide bonds. The molecule has 18 heavy (non-hydrogen) atoms. The number of furan rings is 1. The van der Waals surface area contributed by atoms with E-state index < -0.39 is 5.60 Å². The van der Waals surface area contributed by atoms with Gasteiger partial charge >= 0.3 is 0 Å². The van der Waals surface area contributed by atoms with E-state index in [1.165, 1.54) is 0 Å². The molecule has 0 aliphatic carbocycles. The van der Waals surface area contributed by atoms with Crippen molar-refractivity contribution in [2.75, 3.05) is 18.6 Å². The third kappa shape index (κ3) is 3.53. The number of thioether (sulfide) groups is 1. The Hall–Kier alpha value is -0.940. The van der Waals surface area contributed by atoms with Crippen LogP contribution in [0.15, 0.2) is 4.42 Å². The molecule has 0 aromatic carbocycles. The molecule has 1 rings (SSSR count). The SMILES string of the molecule is CSC[C@](C)(O)CNC(=O)c1c(C)oc(C)c1C. The van der Waals surface area contributed by atoms with E-state index in [-0.39, 0.29) is 12.5 Å². The molecular formula is C13H21NO3S. The highest BCUT2D eigenvalue weighted by molar-refractivity contribution is 7.98. The van der Waals surface area contributed by atoms with E-state index in [1.807, 2.05) is 20.1 Å². The van der Waals surface area contributed by atoms with Gasteiger partial charge < -0.3 is 14.8 Å². The van der Waals surface area contributed by atoms with E-state index in [9.17, 15) is 9.90 Å². The van der Waals surface area contributed by atoms with Crippen LogP contribution in [-0.2, 0) is 0 Å². The van der Waals surface area contributed by atoms with Gasteiger partial charge in [-0.25, -0.2) is 0 Å². The number of rotatable bonds is 5. The van der Waals surface area contributed by atoms with Crippen LogP contribution in [0.3, 0.4) is 0 Å². The Labute approximate surface area is 112 Å². The molecule has 0 unspecified atom stereocenters. The first-order chi connectivity index (χ1) is 8.28. The standard InChI is InChI=1S/C13H21NO3S/c1-8-9(2)17-10(3)11(8)12(15)14-6-13(4,16)7-18-5/h16H,6-7H2,1-5H3,(H,14,15)/t13-/m1/s1. The average molecular weight is 271 g/mol. The molecule has 0 fully saturated rings. The third-order valence-corrected chi connectivity index (χ3v) is 3.78. The zero-order chi connectivity index (χ0) is 13.9. The van der Waals surface area contributed by atoms with Gasteiger partial charge in [-0.15, -0.1) is 0 Å². The quantitative estimate of drug-likeness (QED) is 0.860. The Bertz CT molecular complexity index is 438. The number of hydrogen-bond donors (Lipinski definition) is 2. The van der Waals surface area contributed by atoms with Crippen LogP contribution >= 0.6 is 11.8 Å². The van der Waals surface area contributed by atoms with Crippen LogP contribution in [0.2, 0.25) is 0 Å². The number of carbonyl (C=O) groups excluding carboxylic acids is 1. The molecule has 2 N–H and O–H groups in total. The molecule has 1 heterocycles. The molecule has 0 saturated carbocycles. The first kappa shape index (κ1) is 15.1. The second-order valence-electron chi connectivity index (χ2n) is 4.83. The van der Waals surface area contributed by atoms with Crippen molar-refractivity contribution in [3.8, 4) is 0 Å². The van der Waals surface area contributed by atoms with E-state index in [0.717, 1.165) is 11.3 Å². The molecule has 1 aromatic rings. The van der Waals surface area contributed by atoms with Crippen LogP contribution in [0, 0.1) is 20.8 Å². The number of aryl methyl sites for hydroxylation is 2. The Morgan fingerprint density at radius 3 is 2.44 bits per heavy atom. The minimum absolute atomic E-state index is 0.191. The van der Waals surface area contributed by atoms with Crippen molar-refractivity contribution in [3.63, 3.8) is 0 Å². The predicted octanol–water partition coefficient (Wildman–Crippen LogP) is 2.05. The van der Waals surface area contributed by atoms with Crippen LogP contribution in [0.5, 0.6) is 0 Å². The van der Waals surface area contributed by atoms with Gasteiger partial charge in [-0.05, 0) is 34.0 Å². The van der Waals surface area contributed by atoms with Gasteiger partial charge in [-0.2, -0.15) is 11.8 Å². The molecule has 4 nitrogen and oxygen atoms in total. The topological polar surface area (TPSA) is 62.5 Å². The molecule has 0 bridgehead atoms. The van der Waals surface area contributed by atoms with Crippen LogP contribution in [0.4, 0.5) is 0 Å². The highest BCUT2D eigenvalue weighted by atomic mass is 32.2. The molecule has 0 saturated heterocycles. The minimum atomic E-state index is -0.893. The van der Waals surface area contributed by atoms with Gasteiger partial charge in [-0.1, -0.05) is 0 Å². The average Bonchev–Trinajstić information content (AvgIpc) is 2.50. The van der Waals surface area contributed by atoms with E-state index in [4.69, 9.17) is 4.42 Å². The smallest absolute Gasteiger partial charge is 0.255 e. The fourth-order valence-corrected chi connectivity index (χ4v) is 2.57. The van der Waals surface area contributed by atoms with Crippen molar-refractivity contribution in [1.29, 1.82) is 0 Å². The Balaban J connectivity index is 2.72. The van der Waals surface area contributed by atoms with Crippen molar-refractivity contribution >= 4 is 17.7 Å². The zero-order valence-corrected chi connectivity index (χ0v) is 12.4. The summed E-state index contributed by atoms with van der Waals surface area (Å²) in [4.78, 5) is 12.1. The van der Waals surface area contributed by atoms with Gasteiger partial charge in [0.2, 0.25) is 0 Å². The fraction of sp³-hybridized carbons (Fsp3) is 0.615. The van der Waals surface area contributed by atoms with Crippen LogP contribution < -0.4 is 5.32 Å². The molecule has 0 aliphatic rings. The maximum absolute atomic E-state index is 12.1. The highest BCUT2D eigenvalue weighted by Crippen LogP contribution is 2.20. The molecule has 1 atom stereocenters. The summed E-state index contributed by atoms with van der Waals surface area (Å²) in [7, 11) is 0. The number of carbonyl (C=O) groups is 1. The molecule has 5 heteroatoms. The summed E-state index contributed by atoms with van der Waals surface area (Å²) < 4.78 is 5.42. The van der Waals surface area contributed by atoms with Crippen molar-refractivity contribution in [3.05, 3.63) is 22.6 Å². The largest absolute Gasteiger partial charge is 0.466 e. The van der Waals surface area contributed by atoms with Crippen molar-refractivity contribution in [2.24, 2.45) is 0 Å². The van der Waals surface area contributed by atoms with Crippen LogP contribution in [0.1, 0.15) is 34.4 Å². The lowest BCUT2D eigenvalue weighted by Crippen LogP contribution is -2.42. The fourth-order valence-electron chi connectivity index (χ4n) is 1.85. The normalized spacial score (nSPS) is 14.3. The minimum Gasteiger partial charge on any atom is -0.466 e. The molecule has 0 spiro atoms. The maximum atomic E-state index is 12.1. The van der Waals surface area contributed by atoms with E-state index in [2.05, 4.69) is 5.32 Å². The molecule has 0 aliphatic heterocycles. The van der Waals surface area contributed by atoms with Crippen LogP contribution in [0.25, 0.3) is 0 Å². The Morgan fingerprint density at radius 1 is 1.39 bits per heavy atom. The van der Waals surface area contributed by atoms with Crippen molar-refractivity contribution < 1.29 is 14.3 Å². The van der Waals surface area contributed by atoms with E-state index in [0.29, 0.717) is 17.1 Å². The number of amides is 1. The van der Waals surface area contributed by atoms with E-state index in [1.54, 1.807) is 25.6 Å². The summed E-state index contributed by atoms with van der Waals surface area (Å²) in [6.45, 7) is 7.42.